The van der Waals surface area contributed by atoms with Crippen molar-refractivity contribution in [1.82, 2.24) is 19.6 Å². The Balaban J connectivity index is 0.000000629. The van der Waals surface area contributed by atoms with Gasteiger partial charge in [-0.05, 0) is 52.9 Å². The Morgan fingerprint density at radius 3 is 2.24 bits per heavy atom. The van der Waals surface area contributed by atoms with Crippen LogP contribution in [0.25, 0.3) is 0 Å². The molecule has 0 radical (unpaired) electrons. The quantitative estimate of drug-likeness (QED) is 0.337. The number of rotatable bonds is 7. The number of amides is 1. The van der Waals surface area contributed by atoms with Gasteiger partial charge in [-0.1, -0.05) is 41.0 Å². The molecule has 2 saturated heterocycles. The van der Waals surface area contributed by atoms with Crippen LogP contribution < -0.4 is 4.90 Å². The Morgan fingerprint density at radius 2 is 1.76 bits per heavy atom. The molecule has 7 heteroatoms. The second kappa shape index (κ2) is 15.5. The van der Waals surface area contributed by atoms with Crippen molar-refractivity contribution in [3.05, 3.63) is 11.8 Å². The van der Waals surface area contributed by atoms with Crippen molar-refractivity contribution in [3.8, 4) is 12.8 Å². The second-order valence-corrected chi connectivity index (χ2v) is 12.0. The molecule has 3 aliphatic rings. The van der Waals surface area contributed by atoms with Crippen molar-refractivity contribution in [2.75, 3.05) is 51.3 Å². The van der Waals surface area contributed by atoms with E-state index in [1.807, 2.05) is 39.5 Å². The number of aryl methyl sites for hydroxylation is 1. The molecule has 218 valence electrons. The van der Waals surface area contributed by atoms with Gasteiger partial charge in [-0.3, -0.25) is 14.4 Å². The van der Waals surface area contributed by atoms with Gasteiger partial charge in [0.1, 0.15) is 0 Å². The maximum atomic E-state index is 10.9. The van der Waals surface area contributed by atoms with Gasteiger partial charge in [-0.15, -0.1) is 12.8 Å². The van der Waals surface area contributed by atoms with Gasteiger partial charge in [-0.25, -0.2) is 0 Å². The molecule has 7 nitrogen and oxygen atoms in total. The molecular formula is C31H57N5O2. The van der Waals surface area contributed by atoms with Crippen molar-refractivity contribution in [2.24, 2.45) is 11.3 Å². The standard InChI is InChI=1S/C22H37N5O.C5H12O.C2H6.C2H2/c1-5-17(3)12-24-7-8-26(19(6-2)13-24)21-9-18(4)27(23-21)20-10-22(11-20)14-25(15-22)16-28;1-5(2,3)6-4;2*1-2/h9,16-17,19-20H,5-8,10-15H2,1-4H3;1-4H3;1-2H3;1-2H. The van der Waals surface area contributed by atoms with Crippen LogP contribution in [0.4, 0.5) is 5.82 Å². The molecule has 1 aliphatic carbocycles. The molecule has 2 unspecified atom stereocenters. The second-order valence-electron chi connectivity index (χ2n) is 12.0. The van der Waals surface area contributed by atoms with Crippen molar-refractivity contribution in [3.63, 3.8) is 0 Å². The van der Waals surface area contributed by atoms with Crippen LogP contribution in [0.1, 0.15) is 92.8 Å². The summed E-state index contributed by atoms with van der Waals surface area (Å²) in [4.78, 5) is 17.9. The fourth-order valence-corrected chi connectivity index (χ4v) is 5.55. The van der Waals surface area contributed by atoms with E-state index >= 15 is 0 Å². The minimum absolute atomic E-state index is 0.0417. The van der Waals surface area contributed by atoms with E-state index in [4.69, 9.17) is 9.84 Å². The van der Waals surface area contributed by atoms with Crippen LogP contribution >= 0.6 is 0 Å². The highest BCUT2D eigenvalue weighted by molar-refractivity contribution is 5.50. The molecule has 4 rings (SSSR count). The molecule has 2 atom stereocenters. The molecular weight excluding hydrogens is 474 g/mol. The molecule has 38 heavy (non-hydrogen) atoms. The van der Waals surface area contributed by atoms with Crippen molar-refractivity contribution < 1.29 is 9.53 Å². The zero-order chi connectivity index (χ0) is 29.1. The van der Waals surface area contributed by atoms with Gasteiger partial charge in [0.25, 0.3) is 0 Å². The number of terminal acetylenes is 1. The lowest BCUT2D eigenvalue weighted by atomic mass is 9.61. The van der Waals surface area contributed by atoms with Crippen LogP contribution in [0.15, 0.2) is 6.07 Å². The third-order valence-corrected chi connectivity index (χ3v) is 8.03. The Morgan fingerprint density at radius 1 is 1.18 bits per heavy atom. The van der Waals surface area contributed by atoms with E-state index in [9.17, 15) is 4.79 Å². The molecule has 0 N–H and O–H groups in total. The van der Waals surface area contributed by atoms with Crippen molar-refractivity contribution in [1.29, 1.82) is 0 Å². The number of carbonyl (C=O) groups excluding carboxylic acids is 1. The van der Waals surface area contributed by atoms with Gasteiger partial charge in [0.05, 0.1) is 11.6 Å². The fourth-order valence-electron chi connectivity index (χ4n) is 5.55. The Kier molecular flexibility index (Phi) is 13.9. The first-order chi connectivity index (χ1) is 18.0. The molecule has 1 saturated carbocycles. The highest BCUT2D eigenvalue weighted by Crippen LogP contribution is 2.53. The first-order valence-electron chi connectivity index (χ1n) is 14.7. The SMILES string of the molecule is C#C.CC.CCC(C)CN1CCN(c2cc(C)n(C3CC4(C3)CN(C=O)C4)n2)C(CC)C1.COC(C)(C)C. The van der Waals surface area contributed by atoms with Crippen molar-refractivity contribution >= 4 is 12.2 Å². The highest BCUT2D eigenvalue weighted by atomic mass is 16.5. The van der Waals surface area contributed by atoms with Crippen LogP contribution in [0.3, 0.4) is 0 Å². The summed E-state index contributed by atoms with van der Waals surface area (Å²) in [6.07, 6.45) is 13.7. The first-order valence-corrected chi connectivity index (χ1v) is 14.7. The molecule has 1 aromatic heterocycles. The maximum absolute atomic E-state index is 10.9. The number of carbonyl (C=O) groups is 1. The molecule has 3 heterocycles. The summed E-state index contributed by atoms with van der Waals surface area (Å²) in [6, 6.07) is 3.35. The average Bonchev–Trinajstić information content (AvgIpc) is 3.25. The number of anilines is 1. The molecule has 0 aromatic carbocycles. The molecule has 3 fully saturated rings. The third-order valence-electron chi connectivity index (χ3n) is 8.03. The van der Waals surface area contributed by atoms with Crippen molar-refractivity contribution in [2.45, 2.75) is 106 Å². The van der Waals surface area contributed by atoms with Gasteiger partial charge in [0.2, 0.25) is 6.41 Å². The number of methoxy groups -OCH3 is 1. The van der Waals surface area contributed by atoms with Gasteiger partial charge < -0.3 is 14.5 Å². The summed E-state index contributed by atoms with van der Waals surface area (Å²) >= 11 is 0. The van der Waals surface area contributed by atoms with Gasteiger partial charge in [0, 0.05) is 69.6 Å². The van der Waals surface area contributed by atoms with Gasteiger partial charge >= 0.3 is 0 Å². The summed E-state index contributed by atoms with van der Waals surface area (Å²) in [5.41, 5.74) is 1.70. The van der Waals surface area contributed by atoms with Gasteiger partial charge in [0.15, 0.2) is 5.82 Å². The third kappa shape index (κ3) is 9.02. The summed E-state index contributed by atoms with van der Waals surface area (Å²) in [6.45, 7) is 25.7. The van der Waals surface area contributed by atoms with Crippen LogP contribution in [0.2, 0.25) is 0 Å². The Labute approximate surface area is 234 Å². The number of aromatic nitrogens is 2. The minimum atomic E-state index is 0.0417. The number of ether oxygens (including phenoxy) is 1. The van der Waals surface area contributed by atoms with E-state index in [1.54, 1.807) is 7.11 Å². The predicted molar refractivity (Wildman–Crippen MR) is 161 cm³/mol. The van der Waals surface area contributed by atoms with Crippen LogP contribution in [-0.4, -0.2) is 84.0 Å². The normalized spacial score (nSPS) is 21.4. The number of nitrogens with zero attached hydrogens (tertiary/aromatic N) is 5. The van der Waals surface area contributed by atoms with E-state index in [-0.39, 0.29) is 5.60 Å². The summed E-state index contributed by atoms with van der Waals surface area (Å²) < 4.78 is 7.20. The zero-order valence-electron chi connectivity index (χ0n) is 26.2. The summed E-state index contributed by atoms with van der Waals surface area (Å²) in [7, 11) is 1.71. The van der Waals surface area contributed by atoms with Gasteiger partial charge in [-0.2, -0.15) is 5.10 Å². The maximum Gasteiger partial charge on any atom is 0.209 e. The molecule has 1 aromatic rings. The Bertz CT molecular complexity index is 829. The van der Waals surface area contributed by atoms with E-state index in [0.717, 1.165) is 57.3 Å². The largest absolute Gasteiger partial charge is 0.379 e. The number of hydrogen-bond donors (Lipinski definition) is 0. The van der Waals surface area contributed by atoms with E-state index < -0.39 is 0 Å². The monoisotopic (exact) mass is 531 g/mol. The van der Waals surface area contributed by atoms with E-state index in [1.165, 1.54) is 31.5 Å². The number of likely N-dealkylation sites (tertiary alicyclic amines) is 1. The lowest BCUT2D eigenvalue weighted by Crippen LogP contribution is -2.61. The Hall–Kier alpha value is -2.04. The highest BCUT2D eigenvalue weighted by Gasteiger charge is 2.53. The molecule has 1 amide bonds. The van der Waals surface area contributed by atoms with Crippen LogP contribution in [0.5, 0.6) is 0 Å². The minimum Gasteiger partial charge on any atom is -0.379 e. The zero-order valence-corrected chi connectivity index (χ0v) is 26.2. The summed E-state index contributed by atoms with van der Waals surface area (Å²) in [5.74, 6) is 1.94. The van der Waals surface area contributed by atoms with Crippen LogP contribution in [0, 0.1) is 31.1 Å². The predicted octanol–water partition coefficient (Wildman–Crippen LogP) is 5.64. The molecule has 0 bridgehead atoms. The topological polar surface area (TPSA) is 53.8 Å². The van der Waals surface area contributed by atoms with Crippen LogP contribution in [-0.2, 0) is 9.53 Å². The smallest absolute Gasteiger partial charge is 0.209 e. The lowest BCUT2D eigenvalue weighted by molar-refractivity contribution is -0.140. The first kappa shape index (κ1) is 34.0. The lowest BCUT2D eigenvalue weighted by Gasteiger charge is -2.58. The average molecular weight is 532 g/mol. The fraction of sp³-hybridized carbons (Fsp3) is 0.806. The molecule has 1 spiro atoms. The molecule has 2 aliphatic heterocycles. The summed E-state index contributed by atoms with van der Waals surface area (Å²) in [5, 5.41) is 5.06. The number of hydrogen-bond acceptors (Lipinski definition) is 5. The number of piperazine rings is 1. The van der Waals surface area contributed by atoms with E-state index in [0.29, 0.717) is 17.5 Å². The van der Waals surface area contributed by atoms with E-state index in [2.05, 4.69) is 61.1 Å².